The van der Waals surface area contributed by atoms with Crippen molar-refractivity contribution >= 4 is 45.9 Å². The number of thiophene rings is 1. The number of rotatable bonds is 5. The highest BCUT2D eigenvalue weighted by atomic mass is 32.1. The minimum atomic E-state index is -0.169. The fraction of sp³-hybridized carbons (Fsp3) is 0.211. The van der Waals surface area contributed by atoms with Crippen LogP contribution in [0.4, 0.5) is 11.4 Å². The van der Waals surface area contributed by atoms with Gasteiger partial charge in [-0.2, -0.15) is 0 Å². The molecule has 0 radical (unpaired) electrons. The third-order valence-corrected chi connectivity index (χ3v) is 6.29. The average molecular weight is 383 g/mol. The summed E-state index contributed by atoms with van der Waals surface area (Å²) in [5, 5.41) is 8.64. The number of carbonyl (C=O) groups is 2. The number of benzene rings is 1. The van der Waals surface area contributed by atoms with Crippen molar-refractivity contribution in [3.05, 3.63) is 52.3 Å². The average Bonchev–Trinajstić information content (AvgIpc) is 3.19. The number of nitrogens with one attached hydrogen (secondary N) is 2. The van der Waals surface area contributed by atoms with Gasteiger partial charge in [0, 0.05) is 17.3 Å². The Morgan fingerprint density at radius 2 is 1.77 bits per heavy atom. The highest BCUT2D eigenvalue weighted by Crippen LogP contribution is 2.32. The Balaban J connectivity index is 1.43. The molecule has 2 aromatic heterocycles. The molecule has 1 aromatic carbocycles. The molecule has 3 aromatic rings. The molecule has 7 heteroatoms. The molecule has 0 aliphatic heterocycles. The molecular weight excluding hydrogens is 366 g/mol. The lowest BCUT2D eigenvalue weighted by Crippen LogP contribution is -2.14. The smallest absolute Gasteiger partial charge is 0.267 e. The normalized spacial score (nSPS) is 13.4. The van der Waals surface area contributed by atoms with Crippen molar-refractivity contribution in [2.24, 2.45) is 5.92 Å². The van der Waals surface area contributed by atoms with Gasteiger partial charge in [0.25, 0.3) is 5.91 Å². The van der Waals surface area contributed by atoms with E-state index in [9.17, 15) is 9.59 Å². The molecule has 132 valence electrons. The van der Waals surface area contributed by atoms with Gasteiger partial charge in [-0.15, -0.1) is 22.7 Å². The fourth-order valence-electron chi connectivity index (χ4n) is 2.53. The molecule has 2 N–H and O–H groups in total. The van der Waals surface area contributed by atoms with Gasteiger partial charge in [0.2, 0.25) is 5.91 Å². The highest BCUT2D eigenvalue weighted by Gasteiger charge is 2.29. The van der Waals surface area contributed by atoms with Crippen molar-refractivity contribution in [2.45, 2.75) is 19.8 Å². The molecule has 1 fully saturated rings. The lowest BCUT2D eigenvalue weighted by Gasteiger charge is -2.07. The van der Waals surface area contributed by atoms with Crippen molar-refractivity contribution in [2.75, 3.05) is 10.6 Å². The van der Waals surface area contributed by atoms with Crippen LogP contribution in [0.2, 0.25) is 0 Å². The zero-order valence-electron chi connectivity index (χ0n) is 14.1. The zero-order chi connectivity index (χ0) is 18.1. The maximum absolute atomic E-state index is 12.6. The Morgan fingerprint density at radius 1 is 1.08 bits per heavy atom. The number of aryl methyl sites for hydroxylation is 1. The number of thiazole rings is 1. The fourth-order valence-corrected chi connectivity index (χ4v) is 4.29. The van der Waals surface area contributed by atoms with E-state index in [2.05, 4.69) is 15.6 Å². The largest absolute Gasteiger partial charge is 0.326 e. The Hall–Kier alpha value is -2.51. The molecule has 2 heterocycles. The molecule has 0 saturated heterocycles. The summed E-state index contributed by atoms with van der Waals surface area (Å²) in [6, 6.07) is 11.1. The first-order chi connectivity index (χ1) is 12.6. The first-order valence-corrected chi connectivity index (χ1v) is 10.0. The summed E-state index contributed by atoms with van der Waals surface area (Å²) in [5.74, 6) is 0.0713. The molecule has 0 bridgehead atoms. The van der Waals surface area contributed by atoms with E-state index in [4.69, 9.17) is 0 Å². The first-order valence-electron chi connectivity index (χ1n) is 8.34. The van der Waals surface area contributed by atoms with Crippen LogP contribution in [0.25, 0.3) is 9.88 Å². The van der Waals surface area contributed by atoms with Crippen molar-refractivity contribution in [3.63, 3.8) is 0 Å². The summed E-state index contributed by atoms with van der Waals surface area (Å²) in [5.41, 5.74) is 2.16. The van der Waals surface area contributed by atoms with E-state index in [1.165, 1.54) is 11.3 Å². The number of nitrogens with zero attached hydrogens (tertiary/aromatic N) is 1. The van der Waals surface area contributed by atoms with Gasteiger partial charge in [-0.1, -0.05) is 6.07 Å². The number of hydrogen-bond acceptors (Lipinski definition) is 5. The van der Waals surface area contributed by atoms with Crippen LogP contribution in [-0.4, -0.2) is 16.8 Å². The highest BCUT2D eigenvalue weighted by molar-refractivity contribution is 7.22. The van der Waals surface area contributed by atoms with Gasteiger partial charge in [-0.25, -0.2) is 4.98 Å². The second-order valence-electron chi connectivity index (χ2n) is 6.21. The minimum absolute atomic E-state index is 0.0724. The van der Waals surface area contributed by atoms with Gasteiger partial charge in [0.15, 0.2) is 0 Å². The van der Waals surface area contributed by atoms with Gasteiger partial charge in [-0.05, 0) is 55.5 Å². The molecule has 1 aliphatic rings. The summed E-state index contributed by atoms with van der Waals surface area (Å²) >= 11 is 3.00. The molecule has 0 spiro atoms. The van der Waals surface area contributed by atoms with E-state index in [1.54, 1.807) is 35.6 Å². The second kappa shape index (κ2) is 7.01. The molecule has 5 nitrogen and oxygen atoms in total. The van der Waals surface area contributed by atoms with E-state index >= 15 is 0 Å². The predicted molar refractivity (Wildman–Crippen MR) is 106 cm³/mol. The molecular formula is C19H17N3O2S2. The van der Waals surface area contributed by atoms with E-state index < -0.39 is 0 Å². The quantitative estimate of drug-likeness (QED) is 0.666. The first kappa shape index (κ1) is 16.9. The summed E-state index contributed by atoms with van der Waals surface area (Å²) in [7, 11) is 0. The SMILES string of the molecule is Cc1nc(-c2cccs2)sc1C(=O)Nc1ccc(NC(=O)C2CC2)cc1. The Labute approximate surface area is 159 Å². The van der Waals surface area contributed by atoms with Gasteiger partial charge in [0.1, 0.15) is 9.88 Å². The third kappa shape index (κ3) is 3.68. The van der Waals surface area contributed by atoms with Crippen LogP contribution in [0, 0.1) is 12.8 Å². The maximum Gasteiger partial charge on any atom is 0.267 e. The van der Waals surface area contributed by atoms with Crippen LogP contribution in [0.1, 0.15) is 28.2 Å². The van der Waals surface area contributed by atoms with Crippen molar-refractivity contribution in [1.29, 1.82) is 0 Å². The van der Waals surface area contributed by atoms with E-state index in [0.29, 0.717) is 10.6 Å². The number of anilines is 2. The summed E-state index contributed by atoms with van der Waals surface area (Å²) < 4.78 is 0. The Bertz CT molecular complexity index is 942. The molecule has 1 saturated carbocycles. The summed E-state index contributed by atoms with van der Waals surface area (Å²) in [6.45, 7) is 1.85. The standard InChI is InChI=1S/C19H17N3O2S2/c1-11-16(26-19(20-11)15-3-2-10-25-15)18(24)22-14-8-6-13(7-9-14)21-17(23)12-4-5-12/h2-3,6-10,12H,4-5H2,1H3,(H,21,23)(H,22,24). The molecule has 26 heavy (non-hydrogen) atoms. The van der Waals surface area contributed by atoms with Crippen LogP contribution >= 0.6 is 22.7 Å². The predicted octanol–water partition coefficient (Wildman–Crippen LogP) is 4.78. The van der Waals surface area contributed by atoms with Gasteiger partial charge in [-0.3, -0.25) is 9.59 Å². The number of carbonyl (C=O) groups excluding carboxylic acids is 2. The summed E-state index contributed by atoms with van der Waals surface area (Å²) in [4.78, 5) is 30.5. The van der Waals surface area contributed by atoms with Crippen LogP contribution in [0.15, 0.2) is 41.8 Å². The lowest BCUT2D eigenvalue weighted by atomic mass is 10.2. The van der Waals surface area contributed by atoms with Gasteiger partial charge in [0.05, 0.1) is 10.6 Å². The van der Waals surface area contributed by atoms with Crippen molar-refractivity contribution < 1.29 is 9.59 Å². The van der Waals surface area contributed by atoms with Gasteiger partial charge >= 0.3 is 0 Å². The monoisotopic (exact) mass is 383 g/mol. The molecule has 0 unspecified atom stereocenters. The van der Waals surface area contributed by atoms with Gasteiger partial charge < -0.3 is 10.6 Å². The van der Waals surface area contributed by atoms with Crippen molar-refractivity contribution in [3.8, 4) is 9.88 Å². The lowest BCUT2D eigenvalue weighted by molar-refractivity contribution is -0.117. The Morgan fingerprint density at radius 3 is 2.38 bits per heavy atom. The zero-order valence-corrected chi connectivity index (χ0v) is 15.7. The second-order valence-corrected chi connectivity index (χ2v) is 8.15. The van der Waals surface area contributed by atoms with Crippen molar-refractivity contribution in [1.82, 2.24) is 4.98 Å². The number of hydrogen-bond donors (Lipinski definition) is 2. The molecule has 2 amide bonds. The van der Waals surface area contributed by atoms with Crippen LogP contribution in [0.5, 0.6) is 0 Å². The number of amides is 2. The molecule has 0 atom stereocenters. The third-order valence-electron chi connectivity index (χ3n) is 4.09. The topological polar surface area (TPSA) is 71.1 Å². The molecule has 4 rings (SSSR count). The van der Waals surface area contributed by atoms with E-state index in [-0.39, 0.29) is 17.7 Å². The minimum Gasteiger partial charge on any atom is -0.326 e. The van der Waals surface area contributed by atoms with E-state index in [1.807, 2.05) is 24.4 Å². The summed E-state index contributed by atoms with van der Waals surface area (Å²) in [6.07, 6.45) is 1.95. The molecule has 1 aliphatic carbocycles. The Kier molecular flexibility index (Phi) is 4.57. The van der Waals surface area contributed by atoms with Crippen LogP contribution in [-0.2, 0) is 4.79 Å². The van der Waals surface area contributed by atoms with E-state index in [0.717, 1.165) is 34.1 Å². The number of aromatic nitrogens is 1. The van der Waals surface area contributed by atoms with Crippen LogP contribution < -0.4 is 10.6 Å². The maximum atomic E-state index is 12.6. The van der Waals surface area contributed by atoms with Crippen LogP contribution in [0.3, 0.4) is 0 Å².